The summed E-state index contributed by atoms with van der Waals surface area (Å²) in [6.45, 7) is 2.75. The second kappa shape index (κ2) is 7.30. The summed E-state index contributed by atoms with van der Waals surface area (Å²) < 4.78 is 5.72. The quantitative estimate of drug-likeness (QED) is 0.793. The summed E-state index contributed by atoms with van der Waals surface area (Å²) in [5.41, 5.74) is 1.01. The molecule has 0 aliphatic heterocycles. The molecule has 0 aliphatic carbocycles. The molecule has 0 radical (unpaired) electrons. The van der Waals surface area contributed by atoms with E-state index in [9.17, 15) is 5.11 Å². The van der Waals surface area contributed by atoms with Gasteiger partial charge in [0.25, 0.3) is 0 Å². The van der Waals surface area contributed by atoms with Crippen molar-refractivity contribution in [2.24, 2.45) is 0 Å². The van der Waals surface area contributed by atoms with Gasteiger partial charge in [-0.25, -0.2) is 0 Å². The molecule has 0 fully saturated rings. The van der Waals surface area contributed by atoms with Crippen LogP contribution in [-0.4, -0.2) is 18.3 Å². The lowest BCUT2D eigenvalue weighted by Gasteiger charge is -2.13. The predicted octanol–water partition coefficient (Wildman–Crippen LogP) is 3.05. The zero-order chi connectivity index (χ0) is 13.5. The van der Waals surface area contributed by atoms with Crippen LogP contribution in [0.15, 0.2) is 16.6 Å². The Morgan fingerprint density at radius 3 is 2.83 bits per heavy atom. The minimum atomic E-state index is 0.0774. The van der Waals surface area contributed by atoms with Crippen molar-refractivity contribution < 1.29 is 9.84 Å². The Morgan fingerprint density at radius 2 is 2.28 bits per heavy atom. The van der Waals surface area contributed by atoms with E-state index in [1.165, 1.54) is 7.11 Å². The van der Waals surface area contributed by atoms with Gasteiger partial charge >= 0.3 is 0 Å². The van der Waals surface area contributed by atoms with Gasteiger partial charge in [0.15, 0.2) is 11.5 Å². The van der Waals surface area contributed by atoms with Crippen molar-refractivity contribution >= 4 is 15.9 Å². The highest BCUT2D eigenvalue weighted by Crippen LogP contribution is 2.35. The minimum Gasteiger partial charge on any atom is -0.503 e. The fourth-order valence-corrected chi connectivity index (χ4v) is 2.15. The van der Waals surface area contributed by atoms with Crippen molar-refractivity contribution in [3.8, 4) is 23.8 Å². The molecule has 1 aromatic carbocycles. The third-order valence-electron chi connectivity index (χ3n) is 2.64. The topological polar surface area (TPSA) is 41.5 Å². The highest BCUT2D eigenvalue weighted by atomic mass is 79.9. The largest absolute Gasteiger partial charge is 0.503 e. The Labute approximate surface area is 117 Å². The summed E-state index contributed by atoms with van der Waals surface area (Å²) in [4.78, 5) is 0. The summed E-state index contributed by atoms with van der Waals surface area (Å²) >= 11 is 3.29. The average molecular weight is 312 g/mol. The van der Waals surface area contributed by atoms with E-state index in [1.54, 1.807) is 6.07 Å². The lowest BCUT2D eigenvalue weighted by Crippen LogP contribution is -2.26. The number of hydrogen-bond acceptors (Lipinski definition) is 3. The van der Waals surface area contributed by atoms with Crippen LogP contribution in [0.5, 0.6) is 11.5 Å². The van der Waals surface area contributed by atoms with Crippen molar-refractivity contribution in [2.75, 3.05) is 7.11 Å². The van der Waals surface area contributed by atoms with E-state index >= 15 is 0 Å². The number of halogens is 1. The molecule has 3 nitrogen and oxygen atoms in total. The summed E-state index contributed by atoms with van der Waals surface area (Å²) in [6.07, 6.45) is 7.44. The lowest BCUT2D eigenvalue weighted by molar-refractivity contribution is 0.371. The van der Waals surface area contributed by atoms with Crippen LogP contribution in [0, 0.1) is 12.3 Å². The van der Waals surface area contributed by atoms with Gasteiger partial charge in [-0.3, -0.25) is 5.32 Å². The zero-order valence-corrected chi connectivity index (χ0v) is 12.3. The van der Waals surface area contributed by atoms with Crippen molar-refractivity contribution in [2.45, 2.75) is 32.4 Å². The first-order valence-corrected chi connectivity index (χ1v) is 6.66. The molecule has 0 amide bonds. The van der Waals surface area contributed by atoms with E-state index in [-0.39, 0.29) is 11.8 Å². The molecule has 0 bridgehead atoms. The molecule has 0 saturated heterocycles. The Bertz CT molecular complexity index is 440. The zero-order valence-electron chi connectivity index (χ0n) is 10.7. The third kappa shape index (κ3) is 3.94. The Hall–Kier alpha value is -1.18. The lowest BCUT2D eigenvalue weighted by atomic mass is 10.1. The van der Waals surface area contributed by atoms with Crippen LogP contribution >= 0.6 is 15.9 Å². The van der Waals surface area contributed by atoms with Gasteiger partial charge in [0.05, 0.1) is 17.6 Å². The van der Waals surface area contributed by atoms with Crippen molar-refractivity contribution in [1.82, 2.24) is 5.32 Å². The number of benzene rings is 1. The third-order valence-corrected chi connectivity index (χ3v) is 3.24. The SMILES string of the molecule is C#CC(CCC)NCc1cc(Br)c(O)c(OC)c1. The smallest absolute Gasteiger partial charge is 0.172 e. The number of rotatable bonds is 6. The number of ether oxygens (including phenoxy) is 1. The van der Waals surface area contributed by atoms with Gasteiger partial charge in [-0.15, -0.1) is 6.42 Å². The number of aromatic hydroxyl groups is 1. The molecular weight excluding hydrogens is 294 g/mol. The van der Waals surface area contributed by atoms with Crippen LogP contribution in [0.2, 0.25) is 0 Å². The number of nitrogens with one attached hydrogen (secondary N) is 1. The van der Waals surface area contributed by atoms with Crippen molar-refractivity contribution in [1.29, 1.82) is 0 Å². The summed E-state index contributed by atoms with van der Waals surface area (Å²) in [5.74, 6) is 3.29. The Morgan fingerprint density at radius 1 is 1.56 bits per heavy atom. The molecule has 1 rings (SSSR count). The van der Waals surface area contributed by atoms with Gasteiger partial charge in [0.1, 0.15) is 0 Å². The van der Waals surface area contributed by atoms with Gasteiger partial charge in [-0.2, -0.15) is 0 Å². The van der Waals surface area contributed by atoms with E-state index in [2.05, 4.69) is 34.1 Å². The van der Waals surface area contributed by atoms with Crippen LogP contribution in [0.25, 0.3) is 0 Å². The van der Waals surface area contributed by atoms with E-state index in [1.807, 2.05) is 6.07 Å². The average Bonchev–Trinajstić information content (AvgIpc) is 2.38. The standard InChI is InChI=1S/C14H18BrNO2/c1-4-6-11(5-2)16-9-10-7-12(15)14(17)13(8-10)18-3/h2,7-8,11,16-17H,4,6,9H2,1,3H3. The van der Waals surface area contributed by atoms with Crippen LogP contribution in [-0.2, 0) is 6.54 Å². The molecule has 1 aromatic rings. The first-order valence-electron chi connectivity index (χ1n) is 5.87. The summed E-state index contributed by atoms with van der Waals surface area (Å²) in [5, 5.41) is 13.0. The maximum Gasteiger partial charge on any atom is 0.172 e. The molecule has 0 aromatic heterocycles. The predicted molar refractivity (Wildman–Crippen MR) is 76.7 cm³/mol. The maximum atomic E-state index is 9.71. The highest BCUT2D eigenvalue weighted by Gasteiger charge is 2.09. The van der Waals surface area contributed by atoms with E-state index in [0.29, 0.717) is 16.8 Å². The van der Waals surface area contributed by atoms with Gasteiger partial charge in [-0.1, -0.05) is 19.3 Å². The number of phenols is 1. The molecule has 98 valence electrons. The monoisotopic (exact) mass is 311 g/mol. The van der Waals surface area contributed by atoms with Gasteiger partial charge in [0, 0.05) is 6.54 Å². The molecule has 2 N–H and O–H groups in total. The molecular formula is C14H18BrNO2. The van der Waals surface area contributed by atoms with E-state index in [4.69, 9.17) is 11.2 Å². The molecule has 0 spiro atoms. The van der Waals surface area contributed by atoms with Crippen LogP contribution in [0.3, 0.4) is 0 Å². The van der Waals surface area contributed by atoms with Gasteiger partial charge < -0.3 is 9.84 Å². The van der Waals surface area contributed by atoms with Gasteiger partial charge in [-0.05, 0) is 40.0 Å². The van der Waals surface area contributed by atoms with Crippen molar-refractivity contribution in [3.63, 3.8) is 0 Å². The fourth-order valence-electron chi connectivity index (χ4n) is 1.66. The molecule has 1 unspecified atom stereocenters. The normalized spacial score (nSPS) is 11.9. The molecule has 0 saturated carbocycles. The number of phenolic OH excluding ortho intramolecular Hbond substituents is 1. The first-order chi connectivity index (χ1) is 8.62. The second-order valence-electron chi connectivity index (χ2n) is 4.02. The Balaban J connectivity index is 2.74. The maximum absolute atomic E-state index is 9.71. The Kier molecular flexibility index (Phi) is 6.03. The molecule has 18 heavy (non-hydrogen) atoms. The van der Waals surface area contributed by atoms with E-state index in [0.717, 1.165) is 18.4 Å². The fraction of sp³-hybridized carbons (Fsp3) is 0.429. The molecule has 4 heteroatoms. The molecule has 0 heterocycles. The van der Waals surface area contributed by atoms with Crippen LogP contribution < -0.4 is 10.1 Å². The van der Waals surface area contributed by atoms with Crippen LogP contribution in [0.4, 0.5) is 0 Å². The van der Waals surface area contributed by atoms with E-state index < -0.39 is 0 Å². The summed E-state index contributed by atoms with van der Waals surface area (Å²) in [7, 11) is 1.53. The van der Waals surface area contributed by atoms with Crippen LogP contribution in [0.1, 0.15) is 25.3 Å². The number of terminal acetylenes is 1. The van der Waals surface area contributed by atoms with Crippen molar-refractivity contribution in [3.05, 3.63) is 22.2 Å². The summed E-state index contributed by atoms with van der Waals surface area (Å²) in [6, 6.07) is 3.73. The molecule has 1 atom stereocenters. The molecule has 0 aliphatic rings. The second-order valence-corrected chi connectivity index (χ2v) is 4.87. The number of hydrogen-bond donors (Lipinski definition) is 2. The minimum absolute atomic E-state index is 0.0774. The van der Waals surface area contributed by atoms with Gasteiger partial charge in [0.2, 0.25) is 0 Å². The number of methoxy groups -OCH3 is 1. The first kappa shape index (κ1) is 14.9. The highest BCUT2D eigenvalue weighted by molar-refractivity contribution is 9.10.